The third-order valence-corrected chi connectivity index (χ3v) is 3.54. The number of rotatable bonds is 3. The summed E-state index contributed by atoms with van der Waals surface area (Å²) in [6.45, 7) is 6.13. The Bertz CT molecular complexity index is 279. The van der Waals surface area contributed by atoms with Crippen molar-refractivity contribution < 1.29 is 9.53 Å². The van der Waals surface area contributed by atoms with Gasteiger partial charge < -0.3 is 10.1 Å². The lowest BCUT2D eigenvalue weighted by Crippen LogP contribution is -2.40. The van der Waals surface area contributed by atoms with Crippen LogP contribution in [-0.4, -0.2) is 36.1 Å². The third kappa shape index (κ3) is 3.70. The third-order valence-electron chi connectivity index (χ3n) is 2.60. The summed E-state index contributed by atoms with van der Waals surface area (Å²) in [5.74, 6) is 1.35. The molecule has 1 aliphatic heterocycles. The van der Waals surface area contributed by atoms with Crippen molar-refractivity contribution in [3.63, 3.8) is 0 Å². The smallest absolute Gasteiger partial charge is 0.328 e. The quantitative estimate of drug-likeness (QED) is 0.767. The van der Waals surface area contributed by atoms with E-state index in [1.807, 2.05) is 0 Å². The monoisotopic (exact) mass is 244 g/mol. The normalized spacial score (nSPS) is 22.6. The average Bonchev–Trinajstić information content (AvgIpc) is 2.28. The molecule has 2 atom stereocenters. The predicted molar refractivity (Wildman–Crippen MR) is 67.7 cm³/mol. The zero-order valence-corrected chi connectivity index (χ0v) is 11.1. The highest BCUT2D eigenvalue weighted by atomic mass is 32.2. The molecule has 0 saturated heterocycles. The van der Waals surface area contributed by atoms with Gasteiger partial charge in [-0.1, -0.05) is 25.6 Å². The van der Waals surface area contributed by atoms with E-state index in [0.29, 0.717) is 12.0 Å². The minimum Gasteiger partial charge on any atom is -0.467 e. The lowest BCUT2D eigenvalue weighted by atomic mass is 10.0. The van der Waals surface area contributed by atoms with E-state index < -0.39 is 0 Å². The molecule has 5 heteroatoms. The number of esters is 1. The molecule has 0 radical (unpaired) electrons. The molecule has 1 N–H and O–H groups in total. The first-order chi connectivity index (χ1) is 7.54. The first-order valence-corrected chi connectivity index (χ1v) is 6.58. The Morgan fingerprint density at radius 3 is 2.81 bits per heavy atom. The summed E-state index contributed by atoms with van der Waals surface area (Å²) in [6, 6.07) is 0.0377. The molecule has 1 heterocycles. The first kappa shape index (κ1) is 13.4. The largest absolute Gasteiger partial charge is 0.467 e. The van der Waals surface area contributed by atoms with Crippen molar-refractivity contribution in [1.29, 1.82) is 0 Å². The van der Waals surface area contributed by atoms with Crippen molar-refractivity contribution in [3.05, 3.63) is 0 Å². The van der Waals surface area contributed by atoms with Gasteiger partial charge in [0.05, 0.1) is 13.2 Å². The summed E-state index contributed by atoms with van der Waals surface area (Å²) in [4.78, 5) is 15.9. The van der Waals surface area contributed by atoms with Gasteiger partial charge in [-0.3, -0.25) is 4.99 Å². The van der Waals surface area contributed by atoms with Crippen LogP contribution in [0.4, 0.5) is 0 Å². The number of carbonyl (C=O) groups excluding carboxylic acids is 1. The molecule has 0 aliphatic carbocycles. The van der Waals surface area contributed by atoms with Gasteiger partial charge in [0.2, 0.25) is 0 Å². The highest BCUT2D eigenvalue weighted by Gasteiger charge is 2.21. The summed E-state index contributed by atoms with van der Waals surface area (Å²) in [5, 5.41) is 3.96. The number of nitrogens with one attached hydrogen (secondary N) is 1. The molecule has 0 aromatic rings. The molecule has 0 spiro atoms. The Morgan fingerprint density at radius 1 is 1.56 bits per heavy atom. The Kier molecular flexibility index (Phi) is 5.12. The second-order valence-electron chi connectivity index (χ2n) is 4.27. The van der Waals surface area contributed by atoms with E-state index in [-0.39, 0.29) is 12.0 Å². The summed E-state index contributed by atoms with van der Waals surface area (Å²) >= 11 is 1.67. The molecular formula is C11H20N2O2S. The van der Waals surface area contributed by atoms with Crippen LogP contribution in [0.15, 0.2) is 4.99 Å². The van der Waals surface area contributed by atoms with Gasteiger partial charge >= 0.3 is 5.97 Å². The number of hydrogen-bond donors (Lipinski definition) is 1. The average molecular weight is 244 g/mol. The van der Waals surface area contributed by atoms with Gasteiger partial charge in [0.25, 0.3) is 0 Å². The van der Waals surface area contributed by atoms with Crippen molar-refractivity contribution in [2.75, 3.05) is 12.9 Å². The van der Waals surface area contributed by atoms with Gasteiger partial charge in [-0.05, 0) is 19.3 Å². The minimum atomic E-state index is -0.331. The Labute approximate surface area is 101 Å². The van der Waals surface area contributed by atoms with Crippen LogP contribution in [0, 0.1) is 5.92 Å². The number of amidine groups is 1. The summed E-state index contributed by atoms with van der Waals surface area (Å²) in [7, 11) is 1.40. The highest BCUT2D eigenvalue weighted by molar-refractivity contribution is 8.13. The number of carbonyl (C=O) groups is 1. The maximum absolute atomic E-state index is 11.3. The summed E-state index contributed by atoms with van der Waals surface area (Å²) in [6.07, 6.45) is 1.11. The molecule has 0 saturated carbocycles. The predicted octanol–water partition coefficient (Wildman–Crippen LogP) is 1.65. The Hall–Kier alpha value is -0.710. The number of nitrogens with zero attached hydrogens (tertiary/aromatic N) is 1. The number of aliphatic imine (C=N–C) groups is 1. The Balaban J connectivity index is 2.56. The van der Waals surface area contributed by atoms with Gasteiger partial charge in [-0.2, -0.15) is 0 Å². The molecule has 0 bridgehead atoms. The number of ether oxygens (including phenoxy) is 1. The molecular weight excluding hydrogens is 224 g/mol. The van der Waals surface area contributed by atoms with E-state index >= 15 is 0 Å². The SMILES string of the molecule is COC(=O)C(C)NC1=NC(C(C)C)CCS1. The summed E-state index contributed by atoms with van der Waals surface area (Å²) < 4.78 is 4.66. The molecule has 4 nitrogen and oxygen atoms in total. The van der Waals surface area contributed by atoms with Crippen LogP contribution in [-0.2, 0) is 9.53 Å². The topological polar surface area (TPSA) is 50.7 Å². The molecule has 0 aromatic carbocycles. The van der Waals surface area contributed by atoms with Gasteiger partial charge in [-0.15, -0.1) is 0 Å². The maximum Gasteiger partial charge on any atom is 0.328 e. The first-order valence-electron chi connectivity index (χ1n) is 5.59. The molecule has 1 rings (SSSR count). The van der Waals surface area contributed by atoms with E-state index in [2.05, 4.69) is 28.9 Å². The molecule has 1 aliphatic rings. The molecule has 0 aromatic heterocycles. The van der Waals surface area contributed by atoms with Crippen molar-refractivity contribution >= 4 is 22.9 Å². The molecule has 16 heavy (non-hydrogen) atoms. The highest BCUT2D eigenvalue weighted by Crippen LogP contribution is 2.21. The van der Waals surface area contributed by atoms with Crippen LogP contribution < -0.4 is 5.32 Å². The van der Waals surface area contributed by atoms with E-state index in [4.69, 9.17) is 0 Å². The fraction of sp³-hybridized carbons (Fsp3) is 0.818. The Morgan fingerprint density at radius 2 is 2.25 bits per heavy atom. The number of thioether (sulfide) groups is 1. The second kappa shape index (κ2) is 6.13. The van der Waals surface area contributed by atoms with Crippen molar-refractivity contribution in [2.45, 2.75) is 39.3 Å². The van der Waals surface area contributed by atoms with Crippen LogP contribution in [0.25, 0.3) is 0 Å². The molecule has 0 amide bonds. The van der Waals surface area contributed by atoms with Crippen molar-refractivity contribution in [2.24, 2.45) is 10.9 Å². The van der Waals surface area contributed by atoms with E-state index in [1.54, 1.807) is 18.7 Å². The molecule has 0 fully saturated rings. The van der Waals surface area contributed by atoms with Gasteiger partial charge in [-0.25, -0.2) is 4.79 Å². The fourth-order valence-corrected chi connectivity index (χ4v) is 2.53. The maximum atomic E-state index is 11.3. The summed E-state index contributed by atoms with van der Waals surface area (Å²) in [5.41, 5.74) is 0. The van der Waals surface area contributed by atoms with Crippen LogP contribution in [0.1, 0.15) is 27.2 Å². The van der Waals surface area contributed by atoms with Crippen LogP contribution in [0.2, 0.25) is 0 Å². The van der Waals surface area contributed by atoms with E-state index in [0.717, 1.165) is 17.3 Å². The van der Waals surface area contributed by atoms with Crippen LogP contribution in [0.5, 0.6) is 0 Å². The van der Waals surface area contributed by atoms with Crippen molar-refractivity contribution in [1.82, 2.24) is 5.32 Å². The zero-order valence-electron chi connectivity index (χ0n) is 10.3. The standard InChI is InChI=1S/C11H20N2O2S/c1-7(2)9-5-6-16-11(13-9)12-8(3)10(14)15-4/h7-9H,5-6H2,1-4H3,(H,12,13). The molecule has 2 unspecified atom stereocenters. The zero-order chi connectivity index (χ0) is 12.1. The lowest BCUT2D eigenvalue weighted by Gasteiger charge is -2.24. The minimum absolute atomic E-state index is 0.255. The van der Waals surface area contributed by atoms with Crippen LogP contribution >= 0.6 is 11.8 Å². The van der Waals surface area contributed by atoms with Crippen molar-refractivity contribution in [3.8, 4) is 0 Å². The van der Waals surface area contributed by atoms with Gasteiger partial charge in [0.1, 0.15) is 6.04 Å². The van der Waals surface area contributed by atoms with Gasteiger partial charge in [0.15, 0.2) is 5.17 Å². The van der Waals surface area contributed by atoms with Crippen LogP contribution in [0.3, 0.4) is 0 Å². The second-order valence-corrected chi connectivity index (χ2v) is 5.36. The molecule has 92 valence electrons. The number of hydrogen-bond acceptors (Lipinski definition) is 5. The number of methoxy groups -OCH3 is 1. The fourth-order valence-electron chi connectivity index (χ4n) is 1.51. The van der Waals surface area contributed by atoms with Gasteiger partial charge in [0, 0.05) is 5.75 Å². The van der Waals surface area contributed by atoms with E-state index in [9.17, 15) is 4.79 Å². The lowest BCUT2D eigenvalue weighted by molar-refractivity contribution is -0.142. The van der Waals surface area contributed by atoms with E-state index in [1.165, 1.54) is 7.11 Å².